The number of aliphatic hydroxyl groups excluding tert-OH is 1. The molecule has 3 N–H and O–H groups in total. The lowest BCUT2D eigenvalue weighted by atomic mass is 10.1. The lowest BCUT2D eigenvalue weighted by Crippen LogP contribution is -2.41. The van der Waals surface area contributed by atoms with Crippen LogP contribution in [0.5, 0.6) is 0 Å². The SMILES string of the molecule is O=C(N[C@@H](CCO)C(=O)O)c1ccc(F)c(F)c1F. The van der Waals surface area contributed by atoms with Gasteiger partial charge in [0.15, 0.2) is 17.5 Å². The maximum absolute atomic E-state index is 13.3. The van der Waals surface area contributed by atoms with Crippen LogP contribution >= 0.6 is 0 Å². The molecule has 19 heavy (non-hydrogen) atoms. The summed E-state index contributed by atoms with van der Waals surface area (Å²) < 4.78 is 38.8. The van der Waals surface area contributed by atoms with E-state index in [-0.39, 0.29) is 6.42 Å². The molecule has 0 unspecified atom stereocenters. The normalized spacial score (nSPS) is 12.0. The quantitative estimate of drug-likeness (QED) is 0.690. The zero-order valence-electron chi connectivity index (χ0n) is 9.49. The summed E-state index contributed by atoms with van der Waals surface area (Å²) in [6.07, 6.45) is -0.299. The van der Waals surface area contributed by atoms with Crippen LogP contribution in [0.15, 0.2) is 12.1 Å². The van der Waals surface area contributed by atoms with E-state index >= 15 is 0 Å². The average Bonchev–Trinajstić information content (AvgIpc) is 2.35. The number of aliphatic hydroxyl groups is 1. The van der Waals surface area contributed by atoms with Crippen molar-refractivity contribution in [2.24, 2.45) is 0 Å². The van der Waals surface area contributed by atoms with Gasteiger partial charge < -0.3 is 15.5 Å². The van der Waals surface area contributed by atoms with Gasteiger partial charge in [-0.15, -0.1) is 0 Å². The summed E-state index contributed by atoms with van der Waals surface area (Å²) in [4.78, 5) is 22.2. The number of rotatable bonds is 5. The fraction of sp³-hybridized carbons (Fsp3) is 0.273. The van der Waals surface area contributed by atoms with Crippen molar-refractivity contribution in [1.82, 2.24) is 5.32 Å². The third-order valence-electron chi connectivity index (χ3n) is 2.30. The van der Waals surface area contributed by atoms with Gasteiger partial charge in [0.05, 0.1) is 5.56 Å². The van der Waals surface area contributed by atoms with Gasteiger partial charge in [0.2, 0.25) is 0 Å². The minimum atomic E-state index is -1.82. The zero-order chi connectivity index (χ0) is 14.6. The molecule has 0 spiro atoms. The molecule has 0 aliphatic heterocycles. The molecule has 0 fully saturated rings. The first-order valence-corrected chi connectivity index (χ1v) is 5.16. The minimum absolute atomic E-state index is 0.299. The second-order valence-electron chi connectivity index (χ2n) is 3.60. The van der Waals surface area contributed by atoms with Crippen molar-refractivity contribution in [2.45, 2.75) is 12.5 Å². The highest BCUT2D eigenvalue weighted by atomic mass is 19.2. The number of nitrogens with one attached hydrogen (secondary N) is 1. The number of benzene rings is 1. The Morgan fingerprint density at radius 1 is 1.21 bits per heavy atom. The number of halogens is 3. The van der Waals surface area contributed by atoms with E-state index in [4.69, 9.17) is 10.2 Å². The average molecular weight is 277 g/mol. The maximum Gasteiger partial charge on any atom is 0.326 e. The number of carboxylic acids is 1. The number of aliphatic carboxylic acids is 1. The van der Waals surface area contributed by atoms with Crippen LogP contribution in [0.25, 0.3) is 0 Å². The van der Waals surface area contributed by atoms with Crippen LogP contribution in [0, 0.1) is 17.5 Å². The van der Waals surface area contributed by atoms with Crippen LogP contribution in [0.2, 0.25) is 0 Å². The molecule has 1 rings (SSSR count). The molecule has 0 radical (unpaired) electrons. The summed E-state index contributed by atoms with van der Waals surface area (Å²) >= 11 is 0. The summed E-state index contributed by atoms with van der Waals surface area (Å²) in [5.74, 6) is -7.63. The van der Waals surface area contributed by atoms with Crippen molar-refractivity contribution >= 4 is 11.9 Å². The monoisotopic (exact) mass is 277 g/mol. The molecular formula is C11H10F3NO4. The van der Waals surface area contributed by atoms with Gasteiger partial charge in [-0.1, -0.05) is 0 Å². The minimum Gasteiger partial charge on any atom is -0.480 e. The summed E-state index contributed by atoms with van der Waals surface area (Å²) in [6.45, 7) is -0.516. The molecule has 1 aromatic rings. The molecule has 1 aromatic carbocycles. The largest absolute Gasteiger partial charge is 0.480 e. The molecule has 0 saturated carbocycles. The van der Waals surface area contributed by atoms with Crippen molar-refractivity contribution < 1.29 is 33.0 Å². The highest BCUT2D eigenvalue weighted by Gasteiger charge is 2.24. The van der Waals surface area contributed by atoms with Crippen LogP contribution in [0.3, 0.4) is 0 Å². The lowest BCUT2D eigenvalue weighted by Gasteiger charge is -2.13. The first kappa shape index (κ1) is 15.0. The molecule has 8 heteroatoms. The van der Waals surface area contributed by atoms with Crippen molar-refractivity contribution in [1.29, 1.82) is 0 Å². The van der Waals surface area contributed by atoms with Gasteiger partial charge in [-0.3, -0.25) is 4.79 Å². The van der Waals surface area contributed by atoms with E-state index in [9.17, 15) is 22.8 Å². The van der Waals surface area contributed by atoms with E-state index in [0.29, 0.717) is 12.1 Å². The van der Waals surface area contributed by atoms with Crippen molar-refractivity contribution in [2.75, 3.05) is 6.61 Å². The standard InChI is InChI=1S/C11H10F3NO4/c12-6-2-1-5(8(13)9(6)14)10(17)15-7(3-4-16)11(18)19/h1-2,7,16H,3-4H2,(H,15,17)(H,18,19)/t7-/m0/s1. The Kier molecular flexibility index (Phi) is 4.87. The van der Waals surface area contributed by atoms with Crippen LogP contribution in [0.1, 0.15) is 16.8 Å². The van der Waals surface area contributed by atoms with E-state index in [1.165, 1.54) is 0 Å². The molecule has 0 aliphatic carbocycles. The summed E-state index contributed by atoms with van der Waals surface area (Å²) in [5.41, 5.74) is -0.817. The predicted octanol–water partition coefficient (Wildman–Crippen LogP) is 0.669. The number of hydrogen-bond acceptors (Lipinski definition) is 3. The van der Waals surface area contributed by atoms with Crippen LogP contribution in [-0.4, -0.2) is 34.7 Å². The van der Waals surface area contributed by atoms with Gasteiger partial charge in [0, 0.05) is 13.0 Å². The second-order valence-corrected chi connectivity index (χ2v) is 3.60. The molecule has 5 nitrogen and oxygen atoms in total. The van der Waals surface area contributed by atoms with Crippen LogP contribution in [0.4, 0.5) is 13.2 Å². The van der Waals surface area contributed by atoms with Crippen LogP contribution in [-0.2, 0) is 4.79 Å². The molecule has 104 valence electrons. The topological polar surface area (TPSA) is 86.6 Å². The molecule has 1 amide bonds. The number of carboxylic acid groups (broad SMARTS) is 1. The second kappa shape index (κ2) is 6.19. The summed E-state index contributed by atoms with van der Waals surface area (Å²) in [5, 5.41) is 19.2. The number of amides is 1. The number of carbonyl (C=O) groups is 2. The fourth-order valence-corrected chi connectivity index (χ4v) is 1.32. The first-order valence-electron chi connectivity index (χ1n) is 5.16. The Balaban J connectivity index is 2.95. The Hall–Kier alpha value is -2.09. The molecule has 0 saturated heterocycles. The smallest absolute Gasteiger partial charge is 0.326 e. The van der Waals surface area contributed by atoms with E-state index in [2.05, 4.69) is 0 Å². The van der Waals surface area contributed by atoms with Crippen molar-refractivity contribution in [3.05, 3.63) is 35.1 Å². The zero-order valence-corrected chi connectivity index (χ0v) is 9.49. The molecular weight excluding hydrogens is 267 g/mol. The van der Waals surface area contributed by atoms with Gasteiger partial charge >= 0.3 is 5.97 Å². The fourth-order valence-electron chi connectivity index (χ4n) is 1.32. The number of carbonyl (C=O) groups excluding carboxylic acids is 1. The van der Waals surface area contributed by atoms with Crippen molar-refractivity contribution in [3.8, 4) is 0 Å². The summed E-state index contributed by atoms with van der Waals surface area (Å²) in [6, 6.07) is -0.208. The van der Waals surface area contributed by atoms with Crippen molar-refractivity contribution in [3.63, 3.8) is 0 Å². The molecule has 0 aromatic heterocycles. The van der Waals surface area contributed by atoms with Crippen LogP contribution < -0.4 is 5.32 Å². The Morgan fingerprint density at radius 3 is 2.37 bits per heavy atom. The van der Waals surface area contributed by atoms with E-state index in [0.717, 1.165) is 0 Å². The number of hydrogen-bond donors (Lipinski definition) is 3. The predicted molar refractivity (Wildman–Crippen MR) is 56.9 cm³/mol. The third-order valence-corrected chi connectivity index (χ3v) is 2.30. The Morgan fingerprint density at radius 2 is 1.84 bits per heavy atom. The van der Waals surface area contributed by atoms with Gasteiger partial charge in [0.25, 0.3) is 5.91 Å². The van der Waals surface area contributed by atoms with Gasteiger partial charge in [-0.2, -0.15) is 0 Å². The Labute approximate surface area is 105 Å². The van der Waals surface area contributed by atoms with Gasteiger partial charge in [-0.05, 0) is 12.1 Å². The lowest BCUT2D eigenvalue weighted by molar-refractivity contribution is -0.139. The highest BCUT2D eigenvalue weighted by Crippen LogP contribution is 2.15. The summed E-state index contributed by atoms with van der Waals surface area (Å²) in [7, 11) is 0. The molecule has 0 bridgehead atoms. The van der Waals surface area contributed by atoms with E-state index in [1.54, 1.807) is 0 Å². The molecule has 0 heterocycles. The third kappa shape index (κ3) is 3.44. The maximum atomic E-state index is 13.3. The Bertz CT molecular complexity index is 507. The van der Waals surface area contributed by atoms with E-state index < -0.39 is 47.5 Å². The van der Waals surface area contributed by atoms with E-state index in [1.807, 2.05) is 5.32 Å². The molecule has 0 aliphatic rings. The van der Waals surface area contributed by atoms with Gasteiger partial charge in [0.1, 0.15) is 6.04 Å². The highest BCUT2D eigenvalue weighted by molar-refractivity contribution is 5.96. The first-order chi connectivity index (χ1) is 8.88. The molecule has 1 atom stereocenters. The van der Waals surface area contributed by atoms with Gasteiger partial charge in [-0.25, -0.2) is 18.0 Å².